The molecule has 3 nitrogen and oxygen atoms in total. The lowest BCUT2D eigenvalue weighted by Crippen LogP contribution is -2.53. The highest BCUT2D eigenvalue weighted by Gasteiger charge is 2.32. The van der Waals surface area contributed by atoms with Crippen molar-refractivity contribution >= 4 is 25.5 Å². The van der Waals surface area contributed by atoms with E-state index in [-0.39, 0.29) is 6.04 Å². The Hall–Kier alpha value is 0.0238. The van der Waals surface area contributed by atoms with Gasteiger partial charge in [-0.15, -0.1) is 0 Å². The Balaban J connectivity index is 2.64. The first kappa shape index (κ1) is 12.1. The number of carbonyl (C=O) groups excluding carboxylic acids is 1. The van der Waals surface area contributed by atoms with Gasteiger partial charge >= 0.3 is 0 Å². The molecular formula is C9H21NO2Si2. The van der Waals surface area contributed by atoms with E-state index < -0.39 is 9.20 Å². The van der Waals surface area contributed by atoms with Gasteiger partial charge in [0, 0.05) is 6.42 Å². The first-order valence-corrected chi connectivity index (χ1v) is 8.47. The van der Waals surface area contributed by atoms with Gasteiger partial charge < -0.3 is 4.12 Å². The summed E-state index contributed by atoms with van der Waals surface area (Å²) in [6.07, 6.45) is 3.92. The molecule has 1 aliphatic rings. The first-order valence-electron chi connectivity index (χ1n) is 5.52. The first-order chi connectivity index (χ1) is 6.70. The molecule has 0 spiro atoms. The maximum atomic E-state index is 11.8. The third kappa shape index (κ3) is 2.76. The van der Waals surface area contributed by atoms with Gasteiger partial charge in [-0.3, -0.25) is 9.36 Å². The molecule has 2 unspecified atom stereocenters. The Morgan fingerprint density at radius 2 is 2.43 bits per heavy atom. The minimum Gasteiger partial charge on any atom is -0.455 e. The minimum atomic E-state index is -1.22. The summed E-state index contributed by atoms with van der Waals surface area (Å²) in [5.74, 6) is 0.441. The highest BCUT2D eigenvalue weighted by molar-refractivity contribution is 6.51. The Bertz CT molecular complexity index is 201. The fourth-order valence-corrected chi connectivity index (χ4v) is 4.57. The summed E-state index contributed by atoms with van der Waals surface area (Å²) < 4.78 is 7.93. The highest BCUT2D eigenvalue weighted by atomic mass is 28.3. The zero-order valence-corrected chi connectivity index (χ0v) is 12.6. The van der Waals surface area contributed by atoms with E-state index >= 15 is 0 Å². The van der Waals surface area contributed by atoms with Gasteiger partial charge in [-0.05, 0) is 25.9 Å². The molecule has 5 heteroatoms. The summed E-state index contributed by atoms with van der Waals surface area (Å²) in [7, 11) is -0.413. The molecule has 14 heavy (non-hydrogen) atoms. The van der Waals surface area contributed by atoms with Crippen molar-refractivity contribution in [1.82, 2.24) is 4.57 Å². The van der Waals surface area contributed by atoms with Gasteiger partial charge in [0.25, 0.3) is 0 Å². The molecule has 1 fully saturated rings. The lowest BCUT2D eigenvalue weighted by molar-refractivity contribution is -0.125. The van der Waals surface area contributed by atoms with Crippen LogP contribution in [0.3, 0.4) is 0 Å². The van der Waals surface area contributed by atoms with Crippen molar-refractivity contribution < 1.29 is 8.91 Å². The van der Waals surface area contributed by atoms with Gasteiger partial charge in [-0.2, -0.15) is 0 Å². The lowest BCUT2D eigenvalue weighted by atomic mass is 9.99. The van der Waals surface area contributed by atoms with Crippen molar-refractivity contribution in [2.75, 3.05) is 6.54 Å². The van der Waals surface area contributed by atoms with E-state index in [4.69, 9.17) is 4.12 Å². The number of piperidine rings is 1. The molecule has 1 aliphatic heterocycles. The molecule has 0 aromatic heterocycles. The molecule has 0 N–H and O–H groups in total. The van der Waals surface area contributed by atoms with E-state index in [1.807, 2.05) is 0 Å². The van der Waals surface area contributed by atoms with E-state index in [1.54, 1.807) is 0 Å². The number of carbonyl (C=O) groups is 1. The third-order valence-electron chi connectivity index (χ3n) is 2.98. The van der Waals surface area contributed by atoms with Crippen molar-refractivity contribution in [3.05, 3.63) is 0 Å². The van der Waals surface area contributed by atoms with Crippen LogP contribution in [0, 0.1) is 0 Å². The molecule has 0 aromatic rings. The number of rotatable bonds is 4. The maximum Gasteiger partial charge on any atom is 0.241 e. The molecule has 1 heterocycles. The van der Waals surface area contributed by atoms with Gasteiger partial charge in [0.2, 0.25) is 9.20 Å². The molecular weight excluding hydrogens is 210 g/mol. The summed E-state index contributed by atoms with van der Waals surface area (Å²) in [5, 5.41) is 0. The van der Waals surface area contributed by atoms with E-state index in [2.05, 4.69) is 18.0 Å². The SMILES string of the molecule is CCCC1C(=O)CCCN1[SiH](C)O[SiH3]. The van der Waals surface area contributed by atoms with Crippen LogP contribution in [0.2, 0.25) is 6.55 Å². The van der Waals surface area contributed by atoms with Gasteiger partial charge in [-0.1, -0.05) is 13.3 Å². The highest BCUT2D eigenvalue weighted by Crippen LogP contribution is 2.19. The lowest BCUT2D eigenvalue weighted by Gasteiger charge is -2.37. The van der Waals surface area contributed by atoms with Crippen molar-refractivity contribution in [2.45, 2.75) is 45.2 Å². The Kier molecular flexibility index (Phi) is 5.01. The van der Waals surface area contributed by atoms with Crippen LogP contribution in [0.25, 0.3) is 0 Å². The Labute approximate surface area is 91.2 Å². The van der Waals surface area contributed by atoms with Crippen LogP contribution in [0.15, 0.2) is 0 Å². The van der Waals surface area contributed by atoms with Gasteiger partial charge in [-0.25, -0.2) is 0 Å². The number of hydrogen-bond acceptors (Lipinski definition) is 3. The van der Waals surface area contributed by atoms with E-state index in [1.165, 1.54) is 0 Å². The van der Waals surface area contributed by atoms with E-state index in [0.717, 1.165) is 42.7 Å². The van der Waals surface area contributed by atoms with Crippen LogP contribution in [0.1, 0.15) is 32.6 Å². The van der Waals surface area contributed by atoms with Gasteiger partial charge in [0.1, 0.15) is 16.3 Å². The van der Waals surface area contributed by atoms with Gasteiger partial charge in [0.05, 0.1) is 6.04 Å². The van der Waals surface area contributed by atoms with Crippen molar-refractivity contribution in [1.29, 1.82) is 0 Å². The maximum absolute atomic E-state index is 11.8. The molecule has 82 valence electrons. The topological polar surface area (TPSA) is 29.5 Å². The molecule has 0 saturated carbocycles. The summed E-state index contributed by atoms with van der Waals surface area (Å²) in [5.41, 5.74) is 0. The van der Waals surface area contributed by atoms with Crippen molar-refractivity contribution in [3.63, 3.8) is 0 Å². The summed E-state index contributed by atoms with van der Waals surface area (Å²) in [6, 6.07) is 0.185. The van der Waals surface area contributed by atoms with E-state index in [0.29, 0.717) is 5.78 Å². The van der Waals surface area contributed by atoms with Gasteiger partial charge in [0.15, 0.2) is 0 Å². The quantitative estimate of drug-likeness (QED) is 0.636. The smallest absolute Gasteiger partial charge is 0.241 e. The number of ketones is 1. The van der Waals surface area contributed by atoms with E-state index in [9.17, 15) is 4.79 Å². The molecule has 1 rings (SSSR count). The number of hydrogen-bond donors (Lipinski definition) is 0. The Morgan fingerprint density at radius 1 is 1.71 bits per heavy atom. The van der Waals surface area contributed by atoms with Crippen LogP contribution < -0.4 is 0 Å². The Morgan fingerprint density at radius 3 is 3.00 bits per heavy atom. The second-order valence-electron chi connectivity index (χ2n) is 3.95. The summed E-state index contributed by atoms with van der Waals surface area (Å²) in [4.78, 5) is 11.8. The fraction of sp³-hybridized carbons (Fsp3) is 0.889. The van der Waals surface area contributed by atoms with Crippen LogP contribution >= 0.6 is 0 Å². The van der Waals surface area contributed by atoms with Crippen LogP contribution in [-0.4, -0.2) is 42.6 Å². The zero-order chi connectivity index (χ0) is 10.6. The average Bonchev–Trinajstić information content (AvgIpc) is 2.20. The third-order valence-corrected chi connectivity index (χ3v) is 7.26. The summed E-state index contributed by atoms with van der Waals surface area (Å²) >= 11 is 0. The zero-order valence-electron chi connectivity index (χ0n) is 9.45. The molecule has 2 atom stereocenters. The normalized spacial score (nSPS) is 26.7. The summed E-state index contributed by atoms with van der Waals surface area (Å²) in [6.45, 7) is 5.41. The number of Topliss-reactive ketones (excluding diaryl/α,β-unsaturated/α-hetero) is 1. The second-order valence-corrected chi connectivity index (χ2v) is 7.69. The van der Waals surface area contributed by atoms with Crippen molar-refractivity contribution in [2.24, 2.45) is 0 Å². The minimum absolute atomic E-state index is 0.185. The van der Waals surface area contributed by atoms with Crippen LogP contribution in [0.4, 0.5) is 0 Å². The monoisotopic (exact) mass is 231 g/mol. The average molecular weight is 231 g/mol. The molecule has 0 bridgehead atoms. The molecule has 0 aromatic carbocycles. The number of nitrogens with zero attached hydrogens (tertiary/aromatic N) is 1. The van der Waals surface area contributed by atoms with Crippen molar-refractivity contribution in [3.8, 4) is 0 Å². The van der Waals surface area contributed by atoms with Crippen LogP contribution in [-0.2, 0) is 8.91 Å². The molecule has 0 radical (unpaired) electrons. The second kappa shape index (κ2) is 5.80. The predicted molar refractivity (Wildman–Crippen MR) is 63.7 cm³/mol. The predicted octanol–water partition coefficient (Wildman–Crippen LogP) is -0.0327. The fourth-order valence-electron chi connectivity index (χ4n) is 2.11. The molecule has 1 saturated heterocycles. The standard InChI is InChI=1S/C9H21NO2Si2/c1-3-5-8-9(11)6-4-7-10(8)14(2)12-13/h8,14H,3-7H2,1-2,13H3. The van der Waals surface area contributed by atoms with Crippen LogP contribution in [0.5, 0.6) is 0 Å². The molecule has 0 amide bonds. The molecule has 0 aliphatic carbocycles. The largest absolute Gasteiger partial charge is 0.455 e.